The number of halogens is 1. The second-order valence-electron chi connectivity index (χ2n) is 3.58. The van der Waals surface area contributed by atoms with Crippen molar-refractivity contribution in [3.8, 4) is 0 Å². The molecule has 0 saturated heterocycles. The van der Waals surface area contributed by atoms with Gasteiger partial charge in [-0.05, 0) is 30.8 Å². The number of carbonyl (C=O) groups is 1. The number of carboxylic acid groups (broad SMARTS) is 1. The fourth-order valence-electron chi connectivity index (χ4n) is 1.33. The van der Waals surface area contributed by atoms with Crippen LogP contribution in [0.3, 0.4) is 0 Å². The first-order chi connectivity index (χ1) is 8.95. The second kappa shape index (κ2) is 5.41. The summed E-state index contributed by atoms with van der Waals surface area (Å²) in [5.41, 5.74) is 0.0581. The number of aromatic carboxylic acids is 1. The van der Waals surface area contributed by atoms with Crippen LogP contribution in [0.5, 0.6) is 0 Å². The van der Waals surface area contributed by atoms with Crippen molar-refractivity contribution < 1.29 is 9.90 Å². The summed E-state index contributed by atoms with van der Waals surface area (Å²) in [7, 11) is 0. The third-order valence-electron chi connectivity index (χ3n) is 2.07. The third-order valence-corrected chi connectivity index (χ3v) is 3.20. The van der Waals surface area contributed by atoms with Gasteiger partial charge in [0.25, 0.3) is 5.56 Å². The maximum absolute atomic E-state index is 11.3. The van der Waals surface area contributed by atoms with Gasteiger partial charge in [0.15, 0.2) is 10.9 Å². The number of aromatic amines is 1. The Labute approximate surface area is 116 Å². The van der Waals surface area contributed by atoms with Crippen molar-refractivity contribution in [2.75, 3.05) is 0 Å². The molecule has 0 amide bonds. The molecule has 0 saturated carbocycles. The molecular formula is C11H8ClN3O3S. The van der Waals surface area contributed by atoms with Crippen LogP contribution in [0.15, 0.2) is 33.2 Å². The lowest BCUT2D eigenvalue weighted by molar-refractivity contribution is 0.0690. The fraction of sp³-hybridized carbons (Fsp3) is 0.0909. The lowest BCUT2D eigenvalue weighted by Gasteiger charge is -2.03. The maximum Gasteiger partial charge on any atom is 0.356 e. The molecule has 19 heavy (non-hydrogen) atoms. The highest BCUT2D eigenvalue weighted by Crippen LogP contribution is 2.25. The summed E-state index contributed by atoms with van der Waals surface area (Å²) in [6.07, 6.45) is 0. The monoisotopic (exact) mass is 297 g/mol. The number of rotatable bonds is 3. The molecule has 0 aliphatic heterocycles. The Balaban J connectivity index is 2.36. The summed E-state index contributed by atoms with van der Waals surface area (Å²) >= 11 is 6.78. The highest BCUT2D eigenvalue weighted by Gasteiger charge is 2.12. The van der Waals surface area contributed by atoms with Gasteiger partial charge in [-0.25, -0.2) is 14.8 Å². The zero-order valence-electron chi connectivity index (χ0n) is 9.68. The average Bonchev–Trinajstić information content (AvgIpc) is 2.30. The fourth-order valence-corrected chi connectivity index (χ4v) is 2.33. The number of nitrogens with one attached hydrogen (secondary N) is 1. The minimum Gasteiger partial charge on any atom is -0.476 e. The van der Waals surface area contributed by atoms with Gasteiger partial charge < -0.3 is 10.1 Å². The molecule has 0 aliphatic rings. The predicted molar refractivity (Wildman–Crippen MR) is 69.9 cm³/mol. The van der Waals surface area contributed by atoms with Crippen molar-refractivity contribution >= 4 is 29.3 Å². The Morgan fingerprint density at radius 3 is 2.79 bits per heavy atom. The number of nitrogens with zero attached hydrogens (tertiary/aromatic N) is 2. The topological polar surface area (TPSA) is 95.9 Å². The molecule has 6 nitrogen and oxygen atoms in total. The zero-order chi connectivity index (χ0) is 14.0. The zero-order valence-corrected chi connectivity index (χ0v) is 11.2. The van der Waals surface area contributed by atoms with Crippen molar-refractivity contribution in [2.24, 2.45) is 0 Å². The van der Waals surface area contributed by atoms with Crippen LogP contribution < -0.4 is 5.56 Å². The lowest BCUT2D eigenvalue weighted by atomic mass is 10.3. The average molecular weight is 298 g/mol. The summed E-state index contributed by atoms with van der Waals surface area (Å²) in [5, 5.41) is 9.70. The van der Waals surface area contributed by atoms with E-state index in [1.165, 1.54) is 12.1 Å². The van der Waals surface area contributed by atoms with E-state index >= 15 is 0 Å². The summed E-state index contributed by atoms with van der Waals surface area (Å²) in [6.45, 7) is 1.69. The van der Waals surface area contributed by atoms with Gasteiger partial charge in [-0.15, -0.1) is 0 Å². The van der Waals surface area contributed by atoms with Crippen molar-refractivity contribution in [1.29, 1.82) is 0 Å². The molecule has 8 heteroatoms. The first-order valence-corrected chi connectivity index (χ1v) is 6.31. The normalized spacial score (nSPS) is 10.4. The molecule has 0 unspecified atom stereocenters. The van der Waals surface area contributed by atoms with Crippen molar-refractivity contribution in [3.05, 3.63) is 45.0 Å². The van der Waals surface area contributed by atoms with E-state index in [0.29, 0.717) is 15.9 Å². The Morgan fingerprint density at radius 1 is 1.42 bits per heavy atom. The van der Waals surface area contributed by atoms with Crippen LogP contribution in [0, 0.1) is 6.92 Å². The standard InChI is InChI=1S/C11H8ClN3O3S/c1-5-4-7(16)14-11(13-5)19-8-3-2-6(12)9(15-8)10(17)18/h2-4H,1H3,(H,17,18)(H,13,14,16). The molecule has 0 fully saturated rings. The van der Waals surface area contributed by atoms with Crippen LogP contribution in [0.4, 0.5) is 0 Å². The van der Waals surface area contributed by atoms with Gasteiger partial charge in [0.1, 0.15) is 5.03 Å². The van der Waals surface area contributed by atoms with Crippen LogP contribution in [0.25, 0.3) is 0 Å². The Hall–Kier alpha value is -1.86. The number of aromatic nitrogens is 3. The molecule has 2 heterocycles. The number of aryl methyl sites for hydroxylation is 1. The van der Waals surface area contributed by atoms with Crippen LogP contribution in [-0.2, 0) is 0 Å². The minimum atomic E-state index is -1.21. The van der Waals surface area contributed by atoms with Gasteiger partial charge in [0, 0.05) is 11.8 Å². The van der Waals surface area contributed by atoms with Crippen LogP contribution in [-0.4, -0.2) is 26.0 Å². The molecule has 0 aliphatic carbocycles. The maximum atomic E-state index is 11.3. The van der Waals surface area contributed by atoms with E-state index in [9.17, 15) is 9.59 Å². The molecule has 0 atom stereocenters. The van der Waals surface area contributed by atoms with E-state index in [1.807, 2.05) is 0 Å². The van der Waals surface area contributed by atoms with E-state index in [-0.39, 0.29) is 16.3 Å². The van der Waals surface area contributed by atoms with Crippen molar-refractivity contribution in [2.45, 2.75) is 17.1 Å². The van der Waals surface area contributed by atoms with Gasteiger partial charge in [0.2, 0.25) is 0 Å². The largest absolute Gasteiger partial charge is 0.476 e. The number of H-pyrrole nitrogens is 1. The molecule has 0 bridgehead atoms. The minimum absolute atomic E-state index is 0.0579. The summed E-state index contributed by atoms with van der Waals surface area (Å²) < 4.78 is 0. The molecule has 0 aromatic carbocycles. The van der Waals surface area contributed by atoms with Crippen LogP contribution in [0.2, 0.25) is 5.02 Å². The van der Waals surface area contributed by atoms with Crippen molar-refractivity contribution in [1.82, 2.24) is 15.0 Å². The predicted octanol–water partition coefficient (Wildman–Crippen LogP) is 1.98. The number of carboxylic acids is 1. The molecule has 2 N–H and O–H groups in total. The Bertz CT molecular complexity index is 702. The summed E-state index contributed by atoms with van der Waals surface area (Å²) in [6, 6.07) is 4.36. The molecule has 2 aromatic heterocycles. The Morgan fingerprint density at radius 2 is 2.16 bits per heavy atom. The van der Waals surface area contributed by atoms with Gasteiger partial charge in [0.05, 0.1) is 5.02 Å². The van der Waals surface area contributed by atoms with E-state index in [4.69, 9.17) is 16.7 Å². The SMILES string of the molecule is Cc1cc(=O)[nH]c(Sc2ccc(Cl)c(C(=O)O)n2)n1. The summed E-state index contributed by atoms with van der Waals surface area (Å²) in [4.78, 5) is 32.7. The summed E-state index contributed by atoms with van der Waals surface area (Å²) in [5.74, 6) is -1.21. The molecule has 0 radical (unpaired) electrons. The quantitative estimate of drug-likeness (QED) is 0.841. The van der Waals surface area contributed by atoms with E-state index < -0.39 is 5.97 Å². The number of pyridine rings is 1. The number of hydrogen-bond acceptors (Lipinski definition) is 5. The molecule has 0 spiro atoms. The lowest BCUT2D eigenvalue weighted by Crippen LogP contribution is -2.08. The van der Waals surface area contributed by atoms with Crippen molar-refractivity contribution in [3.63, 3.8) is 0 Å². The molecule has 2 rings (SSSR count). The van der Waals surface area contributed by atoms with Gasteiger partial charge in [-0.2, -0.15) is 0 Å². The number of hydrogen-bond donors (Lipinski definition) is 2. The molecule has 2 aromatic rings. The van der Waals surface area contributed by atoms with Gasteiger partial charge in [-0.1, -0.05) is 11.6 Å². The third kappa shape index (κ3) is 3.33. The van der Waals surface area contributed by atoms with Crippen LogP contribution in [0.1, 0.15) is 16.2 Å². The first kappa shape index (κ1) is 13.6. The van der Waals surface area contributed by atoms with Crippen LogP contribution >= 0.6 is 23.4 Å². The van der Waals surface area contributed by atoms with E-state index in [1.54, 1.807) is 13.0 Å². The smallest absolute Gasteiger partial charge is 0.356 e. The van der Waals surface area contributed by atoms with Gasteiger partial charge in [-0.3, -0.25) is 4.79 Å². The van der Waals surface area contributed by atoms with Gasteiger partial charge >= 0.3 is 5.97 Å². The first-order valence-electron chi connectivity index (χ1n) is 5.11. The van der Waals surface area contributed by atoms with E-state index in [2.05, 4.69) is 15.0 Å². The molecular weight excluding hydrogens is 290 g/mol. The highest BCUT2D eigenvalue weighted by molar-refractivity contribution is 7.99. The molecule has 98 valence electrons. The second-order valence-corrected chi connectivity index (χ2v) is 5.00. The van der Waals surface area contributed by atoms with E-state index in [0.717, 1.165) is 11.8 Å². The Kier molecular flexibility index (Phi) is 3.87. The highest BCUT2D eigenvalue weighted by atomic mass is 35.5.